The second kappa shape index (κ2) is 11.3. The lowest BCUT2D eigenvalue weighted by Crippen LogP contribution is -2.57. The average Bonchev–Trinajstić information content (AvgIpc) is 3.65. The van der Waals surface area contributed by atoms with Gasteiger partial charge in [0.1, 0.15) is 18.1 Å². The smallest absolute Gasteiger partial charge is 0.326 e. The zero-order valence-electron chi connectivity index (χ0n) is 21.5. The first-order valence-electron chi connectivity index (χ1n) is 13.2. The molecule has 2 aliphatic rings. The van der Waals surface area contributed by atoms with Gasteiger partial charge in [-0.3, -0.25) is 14.4 Å². The number of likely N-dealkylation sites (tertiary alicyclic amines) is 2. The molecule has 0 spiro atoms. The summed E-state index contributed by atoms with van der Waals surface area (Å²) in [6.45, 7) is 4.49. The third kappa shape index (κ3) is 5.49. The van der Waals surface area contributed by atoms with Crippen LogP contribution in [0.3, 0.4) is 0 Å². The summed E-state index contributed by atoms with van der Waals surface area (Å²) in [7, 11) is 0. The van der Waals surface area contributed by atoms with Gasteiger partial charge in [0.15, 0.2) is 0 Å². The van der Waals surface area contributed by atoms with Crippen LogP contribution in [0.4, 0.5) is 0 Å². The first-order chi connectivity index (χ1) is 17.7. The van der Waals surface area contributed by atoms with E-state index in [1.54, 1.807) is 11.8 Å². The van der Waals surface area contributed by atoms with Gasteiger partial charge in [-0.1, -0.05) is 38.5 Å². The zero-order chi connectivity index (χ0) is 26.7. The number of H-pyrrole nitrogens is 1. The number of amides is 3. The highest BCUT2D eigenvalue weighted by molar-refractivity contribution is 5.95. The number of nitrogens with zero attached hydrogens (tertiary/aromatic N) is 2. The maximum Gasteiger partial charge on any atom is 0.326 e. The van der Waals surface area contributed by atoms with E-state index in [-0.39, 0.29) is 17.7 Å². The number of benzene rings is 1. The Morgan fingerprint density at radius 1 is 1.11 bits per heavy atom. The van der Waals surface area contributed by atoms with Crippen LogP contribution in [0.5, 0.6) is 0 Å². The predicted molar refractivity (Wildman–Crippen MR) is 138 cm³/mol. The van der Waals surface area contributed by atoms with E-state index in [1.807, 2.05) is 37.4 Å². The molecule has 2 aliphatic heterocycles. The fourth-order valence-corrected chi connectivity index (χ4v) is 5.55. The van der Waals surface area contributed by atoms with Crippen LogP contribution in [0, 0.1) is 5.92 Å². The van der Waals surface area contributed by atoms with Gasteiger partial charge in [-0.25, -0.2) is 4.79 Å². The van der Waals surface area contributed by atoms with Crippen molar-refractivity contribution < 1.29 is 24.3 Å². The van der Waals surface area contributed by atoms with Crippen molar-refractivity contribution in [2.24, 2.45) is 11.7 Å². The maximum atomic E-state index is 13.6. The van der Waals surface area contributed by atoms with Crippen molar-refractivity contribution in [1.29, 1.82) is 0 Å². The first-order valence-corrected chi connectivity index (χ1v) is 13.2. The molecule has 200 valence electrons. The van der Waals surface area contributed by atoms with Crippen LogP contribution in [0.2, 0.25) is 0 Å². The number of para-hydroxylation sites is 1. The number of carboxylic acid groups (broad SMARTS) is 1. The van der Waals surface area contributed by atoms with Crippen molar-refractivity contribution in [3.05, 3.63) is 36.0 Å². The van der Waals surface area contributed by atoms with E-state index >= 15 is 0 Å². The Morgan fingerprint density at radius 3 is 2.49 bits per heavy atom. The van der Waals surface area contributed by atoms with E-state index in [0.29, 0.717) is 51.6 Å². The normalized spacial score (nSPS) is 22.1. The molecule has 3 amide bonds. The molecule has 5 unspecified atom stereocenters. The summed E-state index contributed by atoms with van der Waals surface area (Å²) in [6, 6.07) is 4.61. The van der Waals surface area contributed by atoms with Crippen molar-refractivity contribution in [1.82, 2.24) is 20.1 Å². The lowest BCUT2D eigenvalue weighted by molar-refractivity contribution is -0.148. The molecular formula is C27H37N5O5. The SMILES string of the molecule is CCC(C)C(NC(=O)C1CCCN1C(=O)C1CCCN1C(=O)C(N)Cc1c[nH]c2ccccc12)C(=O)O. The molecule has 5 N–H and O–H groups in total. The lowest BCUT2D eigenvalue weighted by Gasteiger charge is -2.32. The van der Waals surface area contributed by atoms with Crippen molar-refractivity contribution in [2.45, 2.75) is 76.5 Å². The summed E-state index contributed by atoms with van der Waals surface area (Å²) >= 11 is 0. The molecule has 0 aliphatic carbocycles. The summed E-state index contributed by atoms with van der Waals surface area (Å²) in [5, 5.41) is 13.2. The summed E-state index contributed by atoms with van der Waals surface area (Å²) < 4.78 is 0. The average molecular weight is 512 g/mol. The number of aliphatic carboxylic acids is 1. The number of aromatic nitrogens is 1. The van der Waals surface area contributed by atoms with Gasteiger partial charge in [-0.05, 0) is 49.7 Å². The van der Waals surface area contributed by atoms with Crippen LogP contribution >= 0.6 is 0 Å². The second-order valence-corrected chi connectivity index (χ2v) is 10.3. The monoisotopic (exact) mass is 511 g/mol. The summed E-state index contributed by atoms with van der Waals surface area (Å²) in [6.07, 6.45) is 5.11. The molecule has 0 bridgehead atoms. The largest absolute Gasteiger partial charge is 0.480 e. The molecular weight excluding hydrogens is 474 g/mol. The van der Waals surface area contributed by atoms with Gasteiger partial charge < -0.3 is 30.9 Å². The summed E-state index contributed by atoms with van der Waals surface area (Å²) in [5.41, 5.74) is 8.27. The van der Waals surface area contributed by atoms with Gasteiger partial charge in [0.25, 0.3) is 0 Å². The maximum absolute atomic E-state index is 13.6. The van der Waals surface area contributed by atoms with Crippen molar-refractivity contribution in [2.75, 3.05) is 13.1 Å². The number of nitrogens with two attached hydrogens (primary N) is 1. The first kappa shape index (κ1) is 26.7. The topological polar surface area (TPSA) is 149 Å². The minimum atomic E-state index is -1.09. The van der Waals surface area contributed by atoms with Gasteiger partial charge in [0.2, 0.25) is 17.7 Å². The Morgan fingerprint density at radius 2 is 1.78 bits per heavy atom. The molecule has 2 saturated heterocycles. The molecule has 2 fully saturated rings. The van der Waals surface area contributed by atoms with Crippen LogP contribution in [0.1, 0.15) is 51.5 Å². The fourth-order valence-electron chi connectivity index (χ4n) is 5.55. The number of carboxylic acids is 1. The van der Waals surface area contributed by atoms with E-state index in [9.17, 15) is 24.3 Å². The van der Waals surface area contributed by atoms with Gasteiger partial charge in [0, 0.05) is 30.2 Å². The predicted octanol–water partition coefficient (Wildman–Crippen LogP) is 1.64. The molecule has 10 heteroatoms. The molecule has 1 aromatic carbocycles. The van der Waals surface area contributed by atoms with Gasteiger partial charge in [0.05, 0.1) is 6.04 Å². The minimum Gasteiger partial charge on any atom is -0.480 e. The van der Waals surface area contributed by atoms with Crippen LogP contribution in [-0.2, 0) is 25.6 Å². The number of hydrogen-bond acceptors (Lipinski definition) is 5. The van der Waals surface area contributed by atoms with E-state index in [1.165, 1.54) is 4.90 Å². The molecule has 1 aromatic heterocycles. The molecule has 4 rings (SSSR count). The standard InChI is InChI=1S/C27H37N5O5/c1-3-16(2)23(27(36)37)30-24(33)21-10-6-12-31(21)26(35)22-11-7-13-32(22)25(34)19(28)14-17-15-29-20-9-5-4-8-18(17)20/h4-5,8-9,15-16,19,21-23,29H,3,6-7,10-14,28H2,1-2H3,(H,30,33)(H,36,37). The van der Waals surface area contributed by atoms with E-state index in [0.717, 1.165) is 16.5 Å². The number of hydrogen-bond donors (Lipinski definition) is 4. The van der Waals surface area contributed by atoms with Crippen LogP contribution < -0.4 is 11.1 Å². The third-order valence-electron chi connectivity index (χ3n) is 7.87. The Balaban J connectivity index is 1.43. The van der Waals surface area contributed by atoms with Crippen molar-refractivity contribution >= 4 is 34.6 Å². The highest BCUT2D eigenvalue weighted by Gasteiger charge is 2.43. The quantitative estimate of drug-likeness (QED) is 0.402. The minimum absolute atomic E-state index is 0.242. The molecule has 2 aromatic rings. The molecule has 0 saturated carbocycles. The number of rotatable bonds is 9. The van der Waals surface area contributed by atoms with Crippen molar-refractivity contribution in [3.8, 4) is 0 Å². The van der Waals surface area contributed by atoms with E-state index < -0.39 is 36.0 Å². The Bertz CT molecular complexity index is 1160. The Labute approximate surface area is 216 Å². The number of aromatic amines is 1. The number of carbonyl (C=O) groups is 4. The molecule has 37 heavy (non-hydrogen) atoms. The Hall–Kier alpha value is -3.40. The number of nitrogens with one attached hydrogen (secondary N) is 2. The van der Waals surface area contributed by atoms with E-state index in [2.05, 4.69) is 10.3 Å². The summed E-state index contributed by atoms with van der Waals surface area (Å²) in [4.78, 5) is 58.0. The van der Waals surface area contributed by atoms with Gasteiger partial charge >= 0.3 is 5.97 Å². The van der Waals surface area contributed by atoms with Gasteiger partial charge in [-0.15, -0.1) is 0 Å². The van der Waals surface area contributed by atoms with Crippen LogP contribution in [0.25, 0.3) is 10.9 Å². The van der Waals surface area contributed by atoms with E-state index in [4.69, 9.17) is 5.73 Å². The number of fused-ring (bicyclic) bond motifs is 1. The number of carbonyl (C=O) groups excluding carboxylic acids is 3. The van der Waals surface area contributed by atoms with Gasteiger partial charge in [-0.2, -0.15) is 0 Å². The summed E-state index contributed by atoms with van der Waals surface area (Å²) in [5.74, 6) is -2.32. The Kier molecular flexibility index (Phi) is 8.16. The van der Waals surface area contributed by atoms with Crippen molar-refractivity contribution in [3.63, 3.8) is 0 Å². The second-order valence-electron chi connectivity index (χ2n) is 10.3. The van der Waals surface area contributed by atoms with Crippen LogP contribution in [0.15, 0.2) is 30.5 Å². The molecule has 0 radical (unpaired) electrons. The fraction of sp³-hybridized carbons (Fsp3) is 0.556. The lowest BCUT2D eigenvalue weighted by atomic mass is 9.98. The molecule has 5 atom stereocenters. The highest BCUT2D eigenvalue weighted by Crippen LogP contribution is 2.27. The third-order valence-corrected chi connectivity index (χ3v) is 7.87. The van der Waals surface area contributed by atoms with Crippen LogP contribution in [-0.4, -0.2) is 80.8 Å². The highest BCUT2D eigenvalue weighted by atomic mass is 16.4. The molecule has 10 nitrogen and oxygen atoms in total. The zero-order valence-corrected chi connectivity index (χ0v) is 21.5. The molecule has 3 heterocycles.